The molecule has 0 aliphatic rings. The molecule has 1 unspecified atom stereocenters. The van der Waals surface area contributed by atoms with Crippen molar-refractivity contribution in [1.29, 1.82) is 0 Å². The largest absolute Gasteiger partial charge is 0.308 e. The highest BCUT2D eigenvalue weighted by Gasteiger charge is 2.13. The Hall–Kier alpha value is -1.19. The van der Waals surface area contributed by atoms with Crippen molar-refractivity contribution in [3.63, 3.8) is 0 Å². The number of pyridine rings is 1. The molecule has 106 valence electrons. The van der Waals surface area contributed by atoms with Crippen molar-refractivity contribution in [2.24, 2.45) is 0 Å². The number of aromatic nitrogens is 1. The first-order valence-electron chi connectivity index (χ1n) is 7.09. The van der Waals surface area contributed by atoms with E-state index in [2.05, 4.69) is 76.5 Å². The van der Waals surface area contributed by atoms with Crippen LogP contribution in [0.2, 0.25) is 0 Å². The van der Waals surface area contributed by atoms with Crippen LogP contribution < -0.4 is 5.32 Å². The van der Waals surface area contributed by atoms with Gasteiger partial charge in [0.15, 0.2) is 0 Å². The molecule has 1 aromatic carbocycles. The van der Waals surface area contributed by atoms with Crippen LogP contribution in [0.15, 0.2) is 47.1 Å². The fourth-order valence-electron chi connectivity index (χ4n) is 2.27. The molecule has 0 aliphatic carbocycles. The number of nitrogens with one attached hydrogen (secondary N) is 1. The average Bonchev–Trinajstić information content (AvgIpc) is 2.44. The lowest BCUT2D eigenvalue weighted by Crippen LogP contribution is -2.25. The van der Waals surface area contributed by atoms with Crippen molar-refractivity contribution in [3.8, 4) is 0 Å². The maximum absolute atomic E-state index is 4.54. The number of aryl methyl sites for hydroxylation is 1. The highest BCUT2D eigenvalue weighted by Crippen LogP contribution is 2.19. The van der Waals surface area contributed by atoms with E-state index in [1.54, 1.807) is 0 Å². The van der Waals surface area contributed by atoms with Crippen molar-refractivity contribution in [1.82, 2.24) is 10.3 Å². The lowest BCUT2D eigenvalue weighted by atomic mass is 10.0. The molecule has 0 saturated heterocycles. The van der Waals surface area contributed by atoms with Crippen LogP contribution in [0.25, 0.3) is 0 Å². The second-order valence-corrected chi connectivity index (χ2v) is 6.02. The van der Waals surface area contributed by atoms with E-state index in [9.17, 15) is 0 Å². The minimum Gasteiger partial charge on any atom is -0.308 e. The van der Waals surface area contributed by atoms with Crippen LogP contribution in [-0.4, -0.2) is 11.5 Å². The Kier molecular flexibility index (Phi) is 5.74. The molecule has 0 bridgehead atoms. The minimum absolute atomic E-state index is 0.268. The van der Waals surface area contributed by atoms with Gasteiger partial charge in [-0.25, -0.2) is 0 Å². The standard InChI is InChI=1S/C17H21BrN2/c1-3-9-19-17(16-8-7-15(18)12-20-16)11-14-6-4-5-13(2)10-14/h4-8,10,12,17,19H,3,9,11H2,1-2H3. The summed E-state index contributed by atoms with van der Waals surface area (Å²) in [6.45, 7) is 5.33. The van der Waals surface area contributed by atoms with E-state index in [0.29, 0.717) is 0 Å². The smallest absolute Gasteiger partial charge is 0.0577 e. The topological polar surface area (TPSA) is 24.9 Å². The summed E-state index contributed by atoms with van der Waals surface area (Å²) in [4.78, 5) is 4.54. The highest BCUT2D eigenvalue weighted by atomic mass is 79.9. The summed E-state index contributed by atoms with van der Waals surface area (Å²) in [5, 5.41) is 3.60. The van der Waals surface area contributed by atoms with E-state index in [-0.39, 0.29) is 6.04 Å². The number of benzene rings is 1. The van der Waals surface area contributed by atoms with Gasteiger partial charge in [0.25, 0.3) is 0 Å². The Balaban J connectivity index is 2.16. The zero-order valence-corrected chi connectivity index (χ0v) is 13.7. The molecular formula is C17H21BrN2. The highest BCUT2D eigenvalue weighted by molar-refractivity contribution is 9.10. The molecule has 0 saturated carbocycles. The molecule has 0 fully saturated rings. The first-order chi connectivity index (χ1) is 9.69. The summed E-state index contributed by atoms with van der Waals surface area (Å²) in [7, 11) is 0. The molecule has 0 aliphatic heterocycles. The summed E-state index contributed by atoms with van der Waals surface area (Å²) in [6, 6.07) is 13.1. The predicted octanol–water partition coefficient (Wildman–Crippen LogP) is 4.44. The average molecular weight is 333 g/mol. The molecule has 0 amide bonds. The molecular weight excluding hydrogens is 312 g/mol. The van der Waals surface area contributed by atoms with Gasteiger partial charge in [0.1, 0.15) is 0 Å². The normalized spacial score (nSPS) is 12.3. The van der Waals surface area contributed by atoms with Gasteiger partial charge < -0.3 is 5.32 Å². The molecule has 0 spiro atoms. The number of hydrogen-bond acceptors (Lipinski definition) is 2. The van der Waals surface area contributed by atoms with Gasteiger partial charge in [-0.15, -0.1) is 0 Å². The van der Waals surface area contributed by atoms with Crippen molar-refractivity contribution < 1.29 is 0 Å². The van der Waals surface area contributed by atoms with Crippen LogP contribution in [0.4, 0.5) is 0 Å². The van der Waals surface area contributed by atoms with Gasteiger partial charge in [-0.1, -0.05) is 36.8 Å². The second kappa shape index (κ2) is 7.55. The summed E-state index contributed by atoms with van der Waals surface area (Å²) in [5.74, 6) is 0. The summed E-state index contributed by atoms with van der Waals surface area (Å²) < 4.78 is 1.02. The monoisotopic (exact) mass is 332 g/mol. The fourth-order valence-corrected chi connectivity index (χ4v) is 2.50. The first-order valence-corrected chi connectivity index (χ1v) is 7.88. The van der Waals surface area contributed by atoms with Crippen molar-refractivity contribution in [3.05, 3.63) is 63.9 Å². The second-order valence-electron chi connectivity index (χ2n) is 5.10. The first kappa shape index (κ1) is 15.2. The lowest BCUT2D eigenvalue weighted by Gasteiger charge is -2.18. The molecule has 20 heavy (non-hydrogen) atoms. The fraction of sp³-hybridized carbons (Fsp3) is 0.353. The molecule has 1 heterocycles. The van der Waals surface area contributed by atoms with Crippen LogP contribution in [0.5, 0.6) is 0 Å². The quantitative estimate of drug-likeness (QED) is 0.846. The van der Waals surface area contributed by atoms with Crippen LogP contribution in [-0.2, 0) is 6.42 Å². The number of hydrogen-bond donors (Lipinski definition) is 1. The molecule has 2 aromatic rings. The summed E-state index contributed by atoms with van der Waals surface area (Å²) in [6.07, 6.45) is 3.96. The zero-order valence-electron chi connectivity index (χ0n) is 12.1. The van der Waals surface area contributed by atoms with Gasteiger partial charge in [0.05, 0.1) is 11.7 Å². The van der Waals surface area contributed by atoms with Crippen LogP contribution in [0.1, 0.15) is 36.2 Å². The van der Waals surface area contributed by atoms with E-state index in [4.69, 9.17) is 0 Å². The Morgan fingerprint density at radius 3 is 2.75 bits per heavy atom. The third kappa shape index (κ3) is 4.43. The maximum Gasteiger partial charge on any atom is 0.0577 e. The van der Waals surface area contributed by atoms with E-state index < -0.39 is 0 Å². The van der Waals surface area contributed by atoms with E-state index in [1.165, 1.54) is 11.1 Å². The SMILES string of the molecule is CCCNC(Cc1cccc(C)c1)c1ccc(Br)cn1. The van der Waals surface area contributed by atoms with Gasteiger partial charge in [-0.3, -0.25) is 4.98 Å². The molecule has 2 rings (SSSR count). The Labute approximate surface area is 129 Å². The van der Waals surface area contributed by atoms with E-state index in [1.807, 2.05) is 6.20 Å². The third-order valence-electron chi connectivity index (χ3n) is 3.27. The van der Waals surface area contributed by atoms with Gasteiger partial charge >= 0.3 is 0 Å². The third-order valence-corrected chi connectivity index (χ3v) is 3.74. The maximum atomic E-state index is 4.54. The van der Waals surface area contributed by atoms with Crippen molar-refractivity contribution in [2.45, 2.75) is 32.7 Å². The molecule has 1 aromatic heterocycles. The van der Waals surface area contributed by atoms with Gasteiger partial charge in [-0.05, 0) is 59.9 Å². The Morgan fingerprint density at radius 1 is 1.25 bits per heavy atom. The molecule has 3 heteroatoms. The summed E-state index contributed by atoms with van der Waals surface area (Å²) in [5.41, 5.74) is 3.76. The number of nitrogens with zero attached hydrogens (tertiary/aromatic N) is 1. The van der Waals surface area contributed by atoms with Gasteiger partial charge in [0, 0.05) is 10.7 Å². The molecule has 1 N–H and O–H groups in total. The van der Waals surface area contributed by atoms with Crippen molar-refractivity contribution in [2.75, 3.05) is 6.54 Å². The van der Waals surface area contributed by atoms with Gasteiger partial charge in [-0.2, -0.15) is 0 Å². The lowest BCUT2D eigenvalue weighted by molar-refractivity contribution is 0.517. The van der Waals surface area contributed by atoms with Crippen LogP contribution in [0, 0.1) is 6.92 Å². The van der Waals surface area contributed by atoms with Gasteiger partial charge in [0.2, 0.25) is 0 Å². The molecule has 0 radical (unpaired) electrons. The molecule has 2 nitrogen and oxygen atoms in total. The summed E-state index contributed by atoms with van der Waals surface area (Å²) >= 11 is 3.44. The zero-order chi connectivity index (χ0) is 14.4. The van der Waals surface area contributed by atoms with Crippen molar-refractivity contribution >= 4 is 15.9 Å². The Bertz CT molecular complexity index is 537. The predicted molar refractivity (Wildman–Crippen MR) is 87.9 cm³/mol. The van der Waals surface area contributed by atoms with Crippen LogP contribution in [0.3, 0.4) is 0 Å². The number of halogens is 1. The number of rotatable bonds is 6. The molecule has 1 atom stereocenters. The van der Waals surface area contributed by atoms with E-state index >= 15 is 0 Å². The Morgan fingerprint density at radius 2 is 2.10 bits per heavy atom. The van der Waals surface area contributed by atoms with E-state index in [0.717, 1.165) is 29.6 Å². The van der Waals surface area contributed by atoms with Crippen LogP contribution >= 0.6 is 15.9 Å². The minimum atomic E-state index is 0.268.